The zero-order chi connectivity index (χ0) is 15.6. The smallest absolute Gasteiger partial charge is 0.389 e. The van der Waals surface area contributed by atoms with Crippen LogP contribution in [0.1, 0.15) is 26.7 Å². The molecule has 0 aromatic heterocycles. The van der Waals surface area contributed by atoms with Crippen molar-refractivity contribution in [1.29, 1.82) is 0 Å². The number of hydrogen-bond acceptors (Lipinski definition) is 3. The quantitative estimate of drug-likeness (QED) is 0.855. The van der Waals surface area contributed by atoms with E-state index in [1.165, 1.54) is 4.90 Å². The standard InChI is InChI=1S/C13H23F3N2O2/c1-12(2,20)9-17(3)8-11(19)18-6-4-5-10(7-18)13(14,15)16/h10,20H,4-9H2,1-3H3. The van der Waals surface area contributed by atoms with Gasteiger partial charge in [-0.15, -0.1) is 0 Å². The van der Waals surface area contributed by atoms with Gasteiger partial charge in [-0.3, -0.25) is 9.69 Å². The first kappa shape index (κ1) is 17.2. The third-order valence-electron chi connectivity index (χ3n) is 3.30. The molecule has 1 fully saturated rings. The van der Waals surface area contributed by atoms with Crippen LogP contribution < -0.4 is 0 Å². The van der Waals surface area contributed by atoms with Crippen molar-refractivity contribution in [2.75, 3.05) is 33.2 Å². The van der Waals surface area contributed by atoms with Crippen LogP contribution in [0, 0.1) is 5.92 Å². The number of nitrogens with zero attached hydrogens (tertiary/aromatic N) is 2. The van der Waals surface area contributed by atoms with Crippen LogP contribution in [0.15, 0.2) is 0 Å². The van der Waals surface area contributed by atoms with Crippen LogP contribution in [0.25, 0.3) is 0 Å². The molecule has 0 aliphatic carbocycles. The van der Waals surface area contributed by atoms with E-state index < -0.39 is 17.7 Å². The second kappa shape index (κ2) is 6.30. The molecule has 118 valence electrons. The third kappa shape index (κ3) is 5.66. The van der Waals surface area contributed by atoms with Crippen molar-refractivity contribution in [1.82, 2.24) is 9.80 Å². The van der Waals surface area contributed by atoms with E-state index in [-0.39, 0.29) is 32.0 Å². The van der Waals surface area contributed by atoms with Gasteiger partial charge in [-0.25, -0.2) is 0 Å². The molecule has 0 saturated carbocycles. The van der Waals surface area contributed by atoms with Crippen LogP contribution in [0.3, 0.4) is 0 Å². The normalized spacial score (nSPS) is 21.4. The lowest BCUT2D eigenvalue weighted by atomic mass is 9.97. The molecule has 1 atom stereocenters. The summed E-state index contributed by atoms with van der Waals surface area (Å²) in [5.74, 6) is -1.73. The fourth-order valence-corrected chi connectivity index (χ4v) is 2.52. The Morgan fingerprint density at radius 2 is 2.00 bits per heavy atom. The summed E-state index contributed by atoms with van der Waals surface area (Å²) in [5.41, 5.74) is -0.939. The SMILES string of the molecule is CN(CC(=O)N1CCCC(C(F)(F)F)C1)CC(C)(C)O. The number of alkyl halides is 3. The maximum absolute atomic E-state index is 12.7. The van der Waals surface area contributed by atoms with Gasteiger partial charge in [0.15, 0.2) is 0 Å². The van der Waals surface area contributed by atoms with Gasteiger partial charge in [0.25, 0.3) is 0 Å². The molecular weight excluding hydrogens is 273 g/mol. The Kier molecular flexibility index (Phi) is 5.43. The first-order valence-corrected chi connectivity index (χ1v) is 6.74. The van der Waals surface area contributed by atoms with E-state index in [4.69, 9.17) is 0 Å². The lowest BCUT2D eigenvalue weighted by Crippen LogP contribution is -2.49. The monoisotopic (exact) mass is 296 g/mol. The van der Waals surface area contributed by atoms with E-state index in [2.05, 4.69) is 0 Å². The lowest BCUT2D eigenvalue weighted by Gasteiger charge is -2.35. The molecule has 1 aliphatic heterocycles. The molecule has 20 heavy (non-hydrogen) atoms. The lowest BCUT2D eigenvalue weighted by molar-refractivity contribution is -0.188. The van der Waals surface area contributed by atoms with Crippen molar-refractivity contribution in [2.24, 2.45) is 5.92 Å². The Labute approximate surface area is 117 Å². The van der Waals surface area contributed by atoms with Crippen molar-refractivity contribution in [3.63, 3.8) is 0 Å². The van der Waals surface area contributed by atoms with Gasteiger partial charge < -0.3 is 10.0 Å². The van der Waals surface area contributed by atoms with Crippen molar-refractivity contribution in [2.45, 2.75) is 38.5 Å². The topological polar surface area (TPSA) is 43.8 Å². The summed E-state index contributed by atoms with van der Waals surface area (Å²) in [6.07, 6.45) is -3.77. The highest BCUT2D eigenvalue weighted by atomic mass is 19.4. The van der Waals surface area contributed by atoms with Gasteiger partial charge in [-0.2, -0.15) is 13.2 Å². The van der Waals surface area contributed by atoms with Gasteiger partial charge in [-0.1, -0.05) is 0 Å². The van der Waals surface area contributed by atoms with Crippen LogP contribution in [-0.2, 0) is 4.79 Å². The minimum absolute atomic E-state index is 0.0224. The molecule has 1 amide bonds. The molecule has 1 aliphatic rings. The number of aliphatic hydroxyl groups is 1. The Morgan fingerprint density at radius 3 is 2.50 bits per heavy atom. The van der Waals surface area contributed by atoms with E-state index in [1.54, 1.807) is 25.8 Å². The van der Waals surface area contributed by atoms with Crippen LogP contribution in [-0.4, -0.2) is 65.8 Å². The van der Waals surface area contributed by atoms with Gasteiger partial charge >= 0.3 is 6.18 Å². The first-order valence-electron chi connectivity index (χ1n) is 6.74. The minimum atomic E-state index is -4.24. The van der Waals surface area contributed by atoms with Crippen LogP contribution >= 0.6 is 0 Å². The predicted octanol–water partition coefficient (Wildman–Crippen LogP) is 1.49. The number of amides is 1. The second-order valence-corrected chi connectivity index (χ2v) is 6.21. The minimum Gasteiger partial charge on any atom is -0.389 e. The molecule has 1 heterocycles. The Bertz CT molecular complexity index is 339. The molecule has 1 saturated heterocycles. The maximum Gasteiger partial charge on any atom is 0.393 e. The molecule has 0 aromatic carbocycles. The van der Waals surface area contributed by atoms with Crippen LogP contribution in [0.5, 0.6) is 0 Å². The highest BCUT2D eigenvalue weighted by Gasteiger charge is 2.42. The molecule has 0 spiro atoms. The molecule has 0 bridgehead atoms. The largest absolute Gasteiger partial charge is 0.393 e. The number of halogens is 3. The number of carbonyl (C=O) groups is 1. The molecule has 4 nitrogen and oxygen atoms in total. The molecule has 7 heteroatoms. The zero-order valence-corrected chi connectivity index (χ0v) is 12.2. The number of piperidine rings is 1. The third-order valence-corrected chi connectivity index (χ3v) is 3.30. The fourth-order valence-electron chi connectivity index (χ4n) is 2.52. The maximum atomic E-state index is 12.7. The highest BCUT2D eigenvalue weighted by Crippen LogP contribution is 2.33. The first-order chi connectivity index (χ1) is 8.99. The second-order valence-electron chi connectivity index (χ2n) is 6.21. The molecule has 1 rings (SSSR count). The van der Waals surface area contributed by atoms with E-state index >= 15 is 0 Å². The molecule has 0 radical (unpaired) electrons. The molecular formula is C13H23F3N2O2. The predicted molar refractivity (Wildman–Crippen MR) is 69.2 cm³/mol. The van der Waals surface area contributed by atoms with Gasteiger partial charge in [0.2, 0.25) is 5.91 Å². The van der Waals surface area contributed by atoms with Gasteiger partial charge in [0, 0.05) is 19.6 Å². The summed E-state index contributed by atoms with van der Waals surface area (Å²) < 4.78 is 38.0. The van der Waals surface area contributed by atoms with Crippen molar-refractivity contribution in [3.05, 3.63) is 0 Å². The number of likely N-dealkylation sites (tertiary alicyclic amines) is 1. The molecule has 1 N–H and O–H groups in total. The van der Waals surface area contributed by atoms with E-state index in [9.17, 15) is 23.1 Å². The average molecular weight is 296 g/mol. The van der Waals surface area contributed by atoms with Crippen molar-refractivity contribution in [3.8, 4) is 0 Å². The summed E-state index contributed by atoms with van der Waals surface area (Å²) in [5, 5.41) is 9.64. The Hall–Kier alpha value is -0.820. The van der Waals surface area contributed by atoms with Gasteiger partial charge in [0.1, 0.15) is 0 Å². The number of carbonyl (C=O) groups excluding carboxylic acids is 1. The van der Waals surface area contributed by atoms with Gasteiger partial charge in [0.05, 0.1) is 18.1 Å². The van der Waals surface area contributed by atoms with Crippen LogP contribution in [0.2, 0.25) is 0 Å². The van der Waals surface area contributed by atoms with Gasteiger partial charge in [-0.05, 0) is 33.7 Å². The molecule has 0 aromatic rings. The van der Waals surface area contributed by atoms with Crippen LogP contribution in [0.4, 0.5) is 13.2 Å². The number of likely N-dealkylation sites (N-methyl/N-ethyl adjacent to an activating group) is 1. The number of rotatable bonds is 4. The summed E-state index contributed by atoms with van der Waals surface area (Å²) in [4.78, 5) is 14.9. The number of hydrogen-bond donors (Lipinski definition) is 1. The van der Waals surface area contributed by atoms with E-state index in [0.717, 1.165) is 0 Å². The Morgan fingerprint density at radius 1 is 1.40 bits per heavy atom. The average Bonchev–Trinajstić information content (AvgIpc) is 2.25. The Balaban J connectivity index is 2.51. The summed E-state index contributed by atoms with van der Waals surface area (Å²) in [6.45, 7) is 3.67. The summed E-state index contributed by atoms with van der Waals surface area (Å²) in [7, 11) is 1.67. The van der Waals surface area contributed by atoms with E-state index in [1.807, 2.05) is 0 Å². The fraction of sp³-hybridized carbons (Fsp3) is 0.923. The zero-order valence-electron chi connectivity index (χ0n) is 12.2. The highest BCUT2D eigenvalue weighted by molar-refractivity contribution is 5.78. The summed E-state index contributed by atoms with van der Waals surface area (Å²) in [6, 6.07) is 0. The van der Waals surface area contributed by atoms with Crippen molar-refractivity contribution < 1.29 is 23.1 Å². The molecule has 1 unspecified atom stereocenters. The van der Waals surface area contributed by atoms with Crippen molar-refractivity contribution >= 4 is 5.91 Å². The summed E-state index contributed by atoms with van der Waals surface area (Å²) >= 11 is 0. The van der Waals surface area contributed by atoms with E-state index in [0.29, 0.717) is 13.0 Å².